The number of carbonyl (C=O) groups excluding carboxylic acids is 2. The van der Waals surface area contributed by atoms with Crippen LogP contribution in [0, 0.1) is 0 Å². The zero-order valence-corrected chi connectivity index (χ0v) is 13.5. The van der Waals surface area contributed by atoms with E-state index in [1.807, 2.05) is 0 Å². The molecule has 1 aromatic rings. The maximum atomic E-state index is 12.1. The van der Waals surface area contributed by atoms with Crippen LogP contribution in [0.2, 0.25) is 5.02 Å². The summed E-state index contributed by atoms with van der Waals surface area (Å²) in [4.78, 5) is 28.4. The third-order valence-electron chi connectivity index (χ3n) is 3.23. The Labute approximate surface area is 139 Å². The minimum atomic E-state index is -0.771. The molecule has 0 aromatic heterocycles. The Morgan fingerprint density at radius 1 is 1.30 bits per heavy atom. The monoisotopic (exact) mass is 335 g/mol. The van der Waals surface area contributed by atoms with Crippen LogP contribution in [0.25, 0.3) is 0 Å². The van der Waals surface area contributed by atoms with Crippen molar-refractivity contribution in [3.8, 4) is 0 Å². The molecule has 0 radical (unpaired) electrons. The summed E-state index contributed by atoms with van der Waals surface area (Å²) in [5.41, 5.74) is 12.0. The summed E-state index contributed by atoms with van der Waals surface area (Å²) in [6.07, 6.45) is 1.88. The molecule has 2 rings (SSSR count). The Morgan fingerprint density at radius 2 is 1.96 bits per heavy atom. The van der Waals surface area contributed by atoms with Crippen LogP contribution >= 0.6 is 11.6 Å². The van der Waals surface area contributed by atoms with E-state index in [4.69, 9.17) is 27.8 Å². The second kappa shape index (κ2) is 7.28. The normalized spacial score (nSPS) is 15.8. The number of Topliss-reactive ketones (excluding diaryl/α,β-unsaturated/α-hetero) is 1. The largest absolute Gasteiger partial charge is 0.454 e. The third kappa shape index (κ3) is 4.56. The van der Waals surface area contributed by atoms with Crippen LogP contribution in [0.1, 0.15) is 30.1 Å². The first-order valence-electron chi connectivity index (χ1n) is 7.15. The van der Waals surface area contributed by atoms with Crippen molar-refractivity contribution in [2.75, 3.05) is 6.61 Å². The Morgan fingerprint density at radius 3 is 2.52 bits per heavy atom. The summed E-state index contributed by atoms with van der Waals surface area (Å²) < 4.78 is 5.01. The molecule has 0 saturated heterocycles. The van der Waals surface area contributed by atoms with Crippen molar-refractivity contribution in [1.82, 2.24) is 0 Å². The fraction of sp³-hybridized carbons (Fsp3) is 0.312. The molecule has 1 fully saturated rings. The van der Waals surface area contributed by atoms with E-state index in [-0.39, 0.29) is 28.7 Å². The molecule has 0 amide bonds. The van der Waals surface area contributed by atoms with Gasteiger partial charge in [-0.05, 0) is 31.9 Å². The quantitative estimate of drug-likeness (QED) is 0.271. The van der Waals surface area contributed by atoms with Crippen LogP contribution in [0.5, 0.6) is 0 Å². The van der Waals surface area contributed by atoms with Crippen LogP contribution in [-0.4, -0.2) is 30.2 Å². The van der Waals surface area contributed by atoms with E-state index in [0.717, 1.165) is 12.8 Å². The van der Waals surface area contributed by atoms with Gasteiger partial charge in [0.15, 0.2) is 6.61 Å². The number of hydrogen-bond donors (Lipinski definition) is 2. The number of nitrogens with two attached hydrogens (primary N) is 2. The number of hydrogen-bond acceptors (Lipinski definition) is 5. The zero-order chi connectivity index (χ0) is 17.0. The molecule has 0 bridgehead atoms. The maximum Gasteiger partial charge on any atom is 0.344 e. The molecule has 0 atom stereocenters. The van der Waals surface area contributed by atoms with Crippen molar-refractivity contribution in [3.05, 3.63) is 46.1 Å². The van der Waals surface area contributed by atoms with Crippen LogP contribution in [0.3, 0.4) is 0 Å². The highest BCUT2D eigenvalue weighted by molar-refractivity contribution is 6.34. The van der Waals surface area contributed by atoms with Crippen molar-refractivity contribution < 1.29 is 14.3 Å². The first-order valence-corrected chi connectivity index (χ1v) is 7.52. The second-order valence-corrected chi connectivity index (χ2v) is 5.69. The van der Waals surface area contributed by atoms with Crippen molar-refractivity contribution in [1.29, 1.82) is 0 Å². The lowest BCUT2D eigenvalue weighted by molar-refractivity contribution is -0.137. The smallest absolute Gasteiger partial charge is 0.344 e. The number of esters is 1. The fourth-order valence-corrected chi connectivity index (χ4v) is 2.14. The predicted molar refractivity (Wildman–Crippen MR) is 88.3 cm³/mol. The van der Waals surface area contributed by atoms with Gasteiger partial charge in [-0.25, -0.2) is 4.79 Å². The first kappa shape index (κ1) is 17.0. The predicted octanol–water partition coefficient (Wildman–Crippen LogP) is 1.82. The standard InChI is InChI=1S/C16H18ClN3O3/c1-9(18)14(15(19)20-10-6-7-10)16(22)23-8-13(21)11-4-2-3-5-12(11)17/h2-5,10H,6-8,18H2,1H3,(H2,19,20). The number of benzene rings is 1. The average Bonchev–Trinajstić information content (AvgIpc) is 3.28. The van der Waals surface area contributed by atoms with Gasteiger partial charge in [-0.2, -0.15) is 0 Å². The van der Waals surface area contributed by atoms with Crippen molar-refractivity contribution in [2.45, 2.75) is 25.8 Å². The van der Waals surface area contributed by atoms with E-state index in [2.05, 4.69) is 4.99 Å². The van der Waals surface area contributed by atoms with E-state index < -0.39 is 18.4 Å². The first-order chi connectivity index (χ1) is 10.9. The fourth-order valence-electron chi connectivity index (χ4n) is 1.90. The molecule has 1 aromatic carbocycles. The highest BCUT2D eigenvalue weighted by Crippen LogP contribution is 2.24. The van der Waals surface area contributed by atoms with Gasteiger partial charge in [0.1, 0.15) is 11.4 Å². The number of rotatable bonds is 6. The molecular formula is C16H18ClN3O3. The molecule has 1 aliphatic rings. The highest BCUT2D eigenvalue weighted by Gasteiger charge is 2.25. The summed E-state index contributed by atoms with van der Waals surface area (Å²) in [5, 5.41) is 0.300. The van der Waals surface area contributed by atoms with Crippen LogP contribution < -0.4 is 11.5 Å². The minimum absolute atomic E-state index is 0.00357. The van der Waals surface area contributed by atoms with E-state index in [0.29, 0.717) is 5.02 Å². The minimum Gasteiger partial charge on any atom is -0.454 e. The zero-order valence-electron chi connectivity index (χ0n) is 12.7. The number of nitrogens with zero attached hydrogens (tertiary/aromatic N) is 1. The summed E-state index contributed by atoms with van der Waals surface area (Å²) in [5.74, 6) is -1.13. The Kier molecular flexibility index (Phi) is 5.39. The van der Waals surface area contributed by atoms with Crippen molar-refractivity contribution in [3.63, 3.8) is 0 Å². The van der Waals surface area contributed by atoms with Crippen LogP contribution in [-0.2, 0) is 9.53 Å². The molecule has 7 heteroatoms. The number of halogens is 1. The van der Waals surface area contributed by atoms with Gasteiger partial charge in [0.2, 0.25) is 5.78 Å². The molecule has 1 saturated carbocycles. The maximum absolute atomic E-state index is 12.1. The molecule has 23 heavy (non-hydrogen) atoms. The lowest BCUT2D eigenvalue weighted by Gasteiger charge is -2.10. The van der Waals surface area contributed by atoms with E-state index in [1.165, 1.54) is 6.92 Å². The van der Waals surface area contributed by atoms with Gasteiger partial charge in [-0.3, -0.25) is 9.79 Å². The SMILES string of the molecule is CC(N)=C(C(=O)OCC(=O)c1ccccc1Cl)C(N)=NC1CC1. The molecule has 0 spiro atoms. The highest BCUT2D eigenvalue weighted by atomic mass is 35.5. The van der Waals surface area contributed by atoms with E-state index in [9.17, 15) is 9.59 Å². The lowest BCUT2D eigenvalue weighted by atomic mass is 10.1. The summed E-state index contributed by atoms with van der Waals surface area (Å²) in [6.45, 7) is 1.08. The topological polar surface area (TPSA) is 108 Å². The van der Waals surface area contributed by atoms with Gasteiger partial charge in [-0.15, -0.1) is 0 Å². The lowest BCUT2D eigenvalue weighted by Crippen LogP contribution is -2.28. The van der Waals surface area contributed by atoms with Gasteiger partial charge in [0.25, 0.3) is 0 Å². The molecule has 4 N–H and O–H groups in total. The Hall–Kier alpha value is -2.34. The molecule has 122 valence electrons. The average molecular weight is 336 g/mol. The van der Waals surface area contributed by atoms with Crippen molar-refractivity contribution in [2.24, 2.45) is 16.5 Å². The van der Waals surface area contributed by atoms with Crippen LogP contribution in [0.4, 0.5) is 0 Å². The van der Waals surface area contributed by atoms with Gasteiger partial charge in [-0.1, -0.05) is 23.7 Å². The molecule has 0 unspecified atom stereocenters. The summed E-state index contributed by atoms with van der Waals surface area (Å²) in [7, 11) is 0. The third-order valence-corrected chi connectivity index (χ3v) is 3.56. The molecule has 0 heterocycles. The number of ketones is 1. The molecule has 6 nitrogen and oxygen atoms in total. The number of aliphatic imine (C=N–C) groups is 1. The van der Waals surface area contributed by atoms with Gasteiger partial charge in [0.05, 0.1) is 11.1 Å². The Bertz CT molecular complexity index is 690. The van der Waals surface area contributed by atoms with Crippen molar-refractivity contribution >= 4 is 29.2 Å². The summed E-state index contributed by atoms with van der Waals surface area (Å²) in [6, 6.07) is 6.68. The summed E-state index contributed by atoms with van der Waals surface area (Å²) >= 11 is 5.93. The van der Waals surface area contributed by atoms with Gasteiger partial charge < -0.3 is 16.2 Å². The number of ether oxygens (including phenoxy) is 1. The molecule has 0 aliphatic heterocycles. The number of allylic oxidation sites excluding steroid dienone is 1. The van der Waals surface area contributed by atoms with E-state index in [1.54, 1.807) is 24.3 Å². The number of amidine groups is 1. The van der Waals surface area contributed by atoms with Gasteiger partial charge >= 0.3 is 5.97 Å². The number of carbonyl (C=O) groups is 2. The molecule has 1 aliphatic carbocycles. The Balaban J connectivity index is 2.04. The van der Waals surface area contributed by atoms with E-state index >= 15 is 0 Å². The second-order valence-electron chi connectivity index (χ2n) is 5.28. The van der Waals surface area contributed by atoms with Gasteiger partial charge in [0, 0.05) is 11.3 Å². The van der Waals surface area contributed by atoms with Crippen LogP contribution in [0.15, 0.2) is 40.5 Å². The molecular weight excluding hydrogens is 318 g/mol.